The van der Waals surface area contributed by atoms with E-state index in [1.54, 1.807) is 6.92 Å². The molecule has 0 aliphatic heterocycles. The summed E-state index contributed by atoms with van der Waals surface area (Å²) < 4.78 is 0. The van der Waals surface area contributed by atoms with E-state index in [-0.39, 0.29) is 5.92 Å². The maximum Gasteiger partial charge on any atom is 0.0822 e. The third kappa shape index (κ3) is 4.01. The average Bonchev–Trinajstić information content (AvgIpc) is 2.29. The molecule has 1 rings (SSSR count). The van der Waals surface area contributed by atoms with Gasteiger partial charge in [0.15, 0.2) is 0 Å². The number of aliphatic hydroxyl groups excluding tert-OH is 1. The molecule has 0 saturated heterocycles. The first-order valence-corrected chi connectivity index (χ1v) is 5.43. The van der Waals surface area contributed by atoms with Gasteiger partial charge in [0.2, 0.25) is 0 Å². The van der Waals surface area contributed by atoms with Gasteiger partial charge >= 0.3 is 0 Å². The molecule has 0 saturated carbocycles. The number of likely N-dealkylation sites (N-methyl/N-ethyl adjacent to an activating group) is 1. The lowest BCUT2D eigenvalue weighted by Crippen LogP contribution is -2.32. The van der Waals surface area contributed by atoms with Crippen molar-refractivity contribution in [1.29, 1.82) is 5.26 Å². The molecular weight excluding hydrogens is 200 g/mol. The summed E-state index contributed by atoms with van der Waals surface area (Å²) in [6, 6.07) is 12.1. The first kappa shape index (κ1) is 12.7. The normalized spacial score (nSPS) is 14.4. The second-order valence-electron chi connectivity index (χ2n) is 4.17. The molecule has 2 atom stereocenters. The van der Waals surface area contributed by atoms with Crippen LogP contribution in [0.5, 0.6) is 0 Å². The predicted octanol–water partition coefficient (Wildman–Crippen LogP) is 1.64. The van der Waals surface area contributed by atoms with Crippen molar-refractivity contribution in [2.45, 2.75) is 19.6 Å². The number of hydrogen-bond acceptors (Lipinski definition) is 3. The van der Waals surface area contributed by atoms with Crippen LogP contribution < -0.4 is 0 Å². The van der Waals surface area contributed by atoms with Gasteiger partial charge in [-0.05, 0) is 19.5 Å². The Morgan fingerprint density at radius 1 is 1.38 bits per heavy atom. The highest BCUT2D eigenvalue weighted by atomic mass is 16.3. The van der Waals surface area contributed by atoms with Crippen LogP contribution in [0.3, 0.4) is 0 Å². The standard InChI is InChI=1S/C13H18N2O/c1-11(8-14)13(16)10-15(2)9-12-6-4-3-5-7-12/h3-7,11,13,16H,9-10H2,1-2H3. The summed E-state index contributed by atoms with van der Waals surface area (Å²) in [6.45, 7) is 3.04. The first-order valence-electron chi connectivity index (χ1n) is 5.43. The minimum atomic E-state index is -0.585. The highest BCUT2D eigenvalue weighted by Gasteiger charge is 2.15. The maximum atomic E-state index is 9.70. The van der Waals surface area contributed by atoms with Gasteiger partial charge in [0.25, 0.3) is 0 Å². The summed E-state index contributed by atoms with van der Waals surface area (Å²) in [5.74, 6) is -0.321. The Kier molecular flexibility index (Phi) is 4.97. The van der Waals surface area contributed by atoms with Crippen LogP contribution in [0.25, 0.3) is 0 Å². The fraction of sp³-hybridized carbons (Fsp3) is 0.462. The monoisotopic (exact) mass is 218 g/mol. The lowest BCUT2D eigenvalue weighted by molar-refractivity contribution is 0.0958. The lowest BCUT2D eigenvalue weighted by atomic mass is 10.1. The molecule has 0 aliphatic rings. The van der Waals surface area contributed by atoms with E-state index in [1.807, 2.05) is 30.1 Å². The zero-order valence-electron chi connectivity index (χ0n) is 9.80. The van der Waals surface area contributed by atoms with Gasteiger partial charge in [0.1, 0.15) is 0 Å². The molecule has 0 amide bonds. The van der Waals surface area contributed by atoms with Crippen molar-refractivity contribution in [2.75, 3.05) is 13.6 Å². The molecule has 0 bridgehead atoms. The predicted molar refractivity (Wildman–Crippen MR) is 63.6 cm³/mol. The Hall–Kier alpha value is -1.37. The van der Waals surface area contributed by atoms with Crippen LogP contribution in [0.2, 0.25) is 0 Å². The van der Waals surface area contributed by atoms with Crippen molar-refractivity contribution in [3.63, 3.8) is 0 Å². The molecule has 0 spiro atoms. The largest absolute Gasteiger partial charge is 0.390 e. The second kappa shape index (κ2) is 6.26. The molecule has 3 nitrogen and oxygen atoms in total. The third-order valence-electron chi connectivity index (χ3n) is 2.57. The molecule has 86 valence electrons. The Bertz CT molecular complexity index is 345. The summed E-state index contributed by atoms with van der Waals surface area (Å²) in [6.07, 6.45) is -0.585. The minimum Gasteiger partial charge on any atom is -0.390 e. The first-order chi connectivity index (χ1) is 7.63. The van der Waals surface area contributed by atoms with E-state index >= 15 is 0 Å². The summed E-state index contributed by atoms with van der Waals surface area (Å²) in [5, 5.41) is 18.4. The van der Waals surface area contributed by atoms with E-state index in [1.165, 1.54) is 5.56 Å². The zero-order chi connectivity index (χ0) is 12.0. The van der Waals surface area contributed by atoms with E-state index in [0.29, 0.717) is 6.54 Å². The van der Waals surface area contributed by atoms with Crippen LogP contribution in [0.15, 0.2) is 30.3 Å². The number of rotatable bonds is 5. The number of hydrogen-bond donors (Lipinski definition) is 1. The number of nitriles is 1. The smallest absolute Gasteiger partial charge is 0.0822 e. The topological polar surface area (TPSA) is 47.3 Å². The fourth-order valence-corrected chi connectivity index (χ4v) is 1.52. The second-order valence-corrected chi connectivity index (χ2v) is 4.17. The van der Waals surface area contributed by atoms with Gasteiger partial charge in [-0.15, -0.1) is 0 Å². The van der Waals surface area contributed by atoms with Gasteiger partial charge in [-0.25, -0.2) is 0 Å². The summed E-state index contributed by atoms with van der Waals surface area (Å²) >= 11 is 0. The number of aliphatic hydroxyl groups is 1. The van der Waals surface area contributed by atoms with E-state index in [2.05, 4.69) is 18.2 Å². The average molecular weight is 218 g/mol. The van der Waals surface area contributed by atoms with E-state index < -0.39 is 6.10 Å². The van der Waals surface area contributed by atoms with E-state index in [9.17, 15) is 5.11 Å². The van der Waals surface area contributed by atoms with Crippen molar-refractivity contribution in [2.24, 2.45) is 5.92 Å². The molecule has 1 N–H and O–H groups in total. The SMILES string of the molecule is CC(C#N)C(O)CN(C)Cc1ccccc1. The van der Waals surface area contributed by atoms with Gasteiger partial charge in [-0.3, -0.25) is 4.90 Å². The Labute approximate surface area is 96.9 Å². The fourth-order valence-electron chi connectivity index (χ4n) is 1.52. The van der Waals surface area contributed by atoms with Crippen molar-refractivity contribution in [1.82, 2.24) is 4.90 Å². The van der Waals surface area contributed by atoms with Crippen LogP contribution in [-0.4, -0.2) is 29.7 Å². The molecule has 0 fully saturated rings. The molecule has 0 aromatic heterocycles. The summed E-state index contributed by atoms with van der Waals surface area (Å²) in [4.78, 5) is 2.02. The molecular formula is C13H18N2O. The van der Waals surface area contributed by atoms with Gasteiger partial charge in [0, 0.05) is 13.1 Å². The quantitative estimate of drug-likeness (QED) is 0.817. The van der Waals surface area contributed by atoms with Crippen molar-refractivity contribution in [3.8, 4) is 6.07 Å². The molecule has 0 heterocycles. The summed E-state index contributed by atoms with van der Waals surface area (Å²) in [5.41, 5.74) is 1.21. The van der Waals surface area contributed by atoms with Crippen LogP contribution in [0.1, 0.15) is 12.5 Å². The molecule has 2 unspecified atom stereocenters. The molecule has 0 radical (unpaired) electrons. The highest BCUT2D eigenvalue weighted by Crippen LogP contribution is 2.06. The van der Waals surface area contributed by atoms with Gasteiger partial charge in [-0.1, -0.05) is 30.3 Å². The van der Waals surface area contributed by atoms with Crippen LogP contribution in [-0.2, 0) is 6.54 Å². The van der Waals surface area contributed by atoms with Gasteiger partial charge < -0.3 is 5.11 Å². The number of benzene rings is 1. The van der Waals surface area contributed by atoms with Gasteiger partial charge in [-0.2, -0.15) is 5.26 Å². The van der Waals surface area contributed by atoms with Crippen molar-refractivity contribution >= 4 is 0 Å². The van der Waals surface area contributed by atoms with E-state index in [4.69, 9.17) is 5.26 Å². The molecule has 3 heteroatoms. The van der Waals surface area contributed by atoms with Crippen LogP contribution in [0.4, 0.5) is 0 Å². The number of nitrogens with zero attached hydrogens (tertiary/aromatic N) is 2. The van der Waals surface area contributed by atoms with Crippen LogP contribution >= 0.6 is 0 Å². The Balaban J connectivity index is 2.42. The molecule has 0 aliphatic carbocycles. The molecule has 1 aromatic rings. The maximum absolute atomic E-state index is 9.70. The van der Waals surface area contributed by atoms with Crippen LogP contribution in [0, 0.1) is 17.2 Å². The third-order valence-corrected chi connectivity index (χ3v) is 2.57. The summed E-state index contributed by atoms with van der Waals surface area (Å²) in [7, 11) is 1.94. The highest BCUT2D eigenvalue weighted by molar-refractivity contribution is 5.14. The lowest BCUT2D eigenvalue weighted by Gasteiger charge is -2.21. The minimum absolute atomic E-state index is 0.321. The van der Waals surface area contributed by atoms with Crippen molar-refractivity contribution in [3.05, 3.63) is 35.9 Å². The van der Waals surface area contributed by atoms with Crippen molar-refractivity contribution < 1.29 is 5.11 Å². The van der Waals surface area contributed by atoms with E-state index in [0.717, 1.165) is 6.54 Å². The van der Waals surface area contributed by atoms with Gasteiger partial charge in [0.05, 0.1) is 18.1 Å². The molecule has 1 aromatic carbocycles. The zero-order valence-corrected chi connectivity index (χ0v) is 9.80. The Morgan fingerprint density at radius 2 is 2.00 bits per heavy atom. The molecule has 16 heavy (non-hydrogen) atoms. The Morgan fingerprint density at radius 3 is 2.56 bits per heavy atom.